The first-order valence-electron chi connectivity index (χ1n) is 5.26. The van der Waals surface area contributed by atoms with Crippen LogP contribution in [0, 0.1) is 11.7 Å². The van der Waals surface area contributed by atoms with Gasteiger partial charge in [0.15, 0.2) is 0 Å². The van der Waals surface area contributed by atoms with E-state index in [1.54, 1.807) is 0 Å². The molecule has 0 atom stereocenters. The third-order valence-electron chi connectivity index (χ3n) is 2.60. The largest absolute Gasteiger partial charge is 0.478 e. The first-order chi connectivity index (χ1) is 7.66. The maximum absolute atomic E-state index is 13.3. The van der Waals surface area contributed by atoms with E-state index < -0.39 is 11.8 Å². The predicted octanol–water partition coefficient (Wildman–Crippen LogP) is 2.45. The first kappa shape index (κ1) is 11.1. The van der Waals surface area contributed by atoms with Crippen LogP contribution in [0.3, 0.4) is 0 Å². The highest BCUT2D eigenvalue weighted by atomic mass is 19.1. The summed E-state index contributed by atoms with van der Waals surface area (Å²) in [6.07, 6.45) is 2.36. The molecule has 0 spiro atoms. The number of benzene rings is 1. The van der Waals surface area contributed by atoms with Crippen LogP contribution in [0.15, 0.2) is 18.2 Å². The number of rotatable bonds is 5. The number of hydrogen-bond donors (Lipinski definition) is 1. The van der Waals surface area contributed by atoms with Crippen molar-refractivity contribution in [1.82, 2.24) is 0 Å². The average Bonchev–Trinajstić information content (AvgIpc) is 3.04. The lowest BCUT2D eigenvalue weighted by Crippen LogP contribution is -2.03. The highest BCUT2D eigenvalue weighted by Crippen LogP contribution is 2.29. The van der Waals surface area contributed by atoms with Crippen molar-refractivity contribution in [2.75, 3.05) is 6.61 Å². The summed E-state index contributed by atoms with van der Waals surface area (Å²) in [7, 11) is 0. The van der Waals surface area contributed by atoms with Crippen LogP contribution in [-0.2, 0) is 11.3 Å². The van der Waals surface area contributed by atoms with Crippen molar-refractivity contribution in [2.24, 2.45) is 5.92 Å². The van der Waals surface area contributed by atoms with E-state index in [-0.39, 0.29) is 12.2 Å². The second-order valence-corrected chi connectivity index (χ2v) is 4.07. The second-order valence-electron chi connectivity index (χ2n) is 4.07. The Bertz CT molecular complexity index is 399. The van der Waals surface area contributed by atoms with E-state index in [2.05, 4.69) is 0 Å². The quantitative estimate of drug-likeness (QED) is 0.835. The second kappa shape index (κ2) is 4.61. The van der Waals surface area contributed by atoms with Crippen LogP contribution in [0.25, 0.3) is 0 Å². The zero-order valence-corrected chi connectivity index (χ0v) is 8.78. The van der Waals surface area contributed by atoms with Crippen molar-refractivity contribution >= 4 is 5.97 Å². The SMILES string of the molecule is O=C(O)c1ccc(F)c(COCC2CC2)c1. The van der Waals surface area contributed by atoms with Crippen molar-refractivity contribution in [2.45, 2.75) is 19.4 Å². The van der Waals surface area contributed by atoms with Gasteiger partial charge in [-0.25, -0.2) is 9.18 Å². The van der Waals surface area contributed by atoms with Gasteiger partial charge >= 0.3 is 5.97 Å². The molecule has 0 saturated heterocycles. The number of ether oxygens (including phenoxy) is 1. The molecule has 0 unspecified atom stereocenters. The van der Waals surface area contributed by atoms with Crippen molar-refractivity contribution in [3.05, 3.63) is 35.1 Å². The molecule has 0 heterocycles. The summed E-state index contributed by atoms with van der Waals surface area (Å²) in [6.45, 7) is 0.778. The molecule has 0 aliphatic heterocycles. The van der Waals surface area contributed by atoms with Crippen molar-refractivity contribution < 1.29 is 19.0 Å². The Morgan fingerprint density at radius 3 is 2.88 bits per heavy atom. The van der Waals surface area contributed by atoms with Gasteiger partial charge in [-0.2, -0.15) is 0 Å². The summed E-state index contributed by atoms with van der Waals surface area (Å²) in [6, 6.07) is 3.74. The maximum Gasteiger partial charge on any atom is 0.335 e. The molecule has 1 aromatic carbocycles. The molecule has 3 nitrogen and oxygen atoms in total. The molecule has 4 heteroatoms. The van der Waals surface area contributed by atoms with Gasteiger partial charge in [0.05, 0.1) is 12.2 Å². The number of carboxylic acids is 1. The van der Waals surface area contributed by atoms with E-state index in [1.807, 2.05) is 0 Å². The summed E-state index contributed by atoms with van der Waals surface area (Å²) in [5.41, 5.74) is 0.395. The number of aromatic carboxylic acids is 1. The van der Waals surface area contributed by atoms with Crippen molar-refractivity contribution in [3.63, 3.8) is 0 Å². The molecule has 1 aromatic rings. The Morgan fingerprint density at radius 1 is 1.50 bits per heavy atom. The summed E-state index contributed by atoms with van der Waals surface area (Å²) < 4.78 is 18.6. The minimum absolute atomic E-state index is 0.0893. The highest BCUT2D eigenvalue weighted by molar-refractivity contribution is 5.87. The van der Waals surface area contributed by atoms with Crippen LogP contribution >= 0.6 is 0 Å². The molecule has 0 radical (unpaired) electrons. The van der Waals surface area contributed by atoms with Crippen molar-refractivity contribution in [3.8, 4) is 0 Å². The molecule has 1 aliphatic rings. The van der Waals surface area contributed by atoms with Gasteiger partial charge in [0.2, 0.25) is 0 Å². The summed E-state index contributed by atoms with van der Waals surface area (Å²) in [5.74, 6) is -0.852. The fourth-order valence-electron chi connectivity index (χ4n) is 1.44. The maximum atomic E-state index is 13.3. The highest BCUT2D eigenvalue weighted by Gasteiger charge is 2.21. The monoisotopic (exact) mass is 224 g/mol. The molecular weight excluding hydrogens is 211 g/mol. The van der Waals surface area contributed by atoms with Crippen LogP contribution in [0.4, 0.5) is 4.39 Å². The Kier molecular flexibility index (Phi) is 3.19. The Morgan fingerprint density at radius 2 is 2.25 bits per heavy atom. The number of halogens is 1. The lowest BCUT2D eigenvalue weighted by atomic mass is 10.1. The number of hydrogen-bond acceptors (Lipinski definition) is 2. The molecule has 0 amide bonds. The summed E-state index contributed by atoms with van der Waals surface area (Å²) in [4.78, 5) is 10.7. The van der Waals surface area contributed by atoms with Gasteiger partial charge in [0.25, 0.3) is 0 Å². The van der Waals surface area contributed by atoms with Gasteiger partial charge in [0.1, 0.15) is 5.82 Å². The molecule has 0 bridgehead atoms. The van der Waals surface area contributed by atoms with E-state index >= 15 is 0 Å². The zero-order valence-electron chi connectivity index (χ0n) is 8.78. The average molecular weight is 224 g/mol. The van der Waals surface area contributed by atoms with Crippen LogP contribution in [0.2, 0.25) is 0 Å². The molecule has 16 heavy (non-hydrogen) atoms. The third-order valence-corrected chi connectivity index (χ3v) is 2.60. The molecule has 1 aliphatic carbocycles. The molecule has 2 rings (SSSR count). The lowest BCUT2D eigenvalue weighted by Gasteiger charge is -2.05. The lowest BCUT2D eigenvalue weighted by molar-refractivity contribution is 0.0696. The van der Waals surface area contributed by atoms with Gasteiger partial charge in [-0.3, -0.25) is 0 Å². The topological polar surface area (TPSA) is 46.5 Å². The summed E-state index contributed by atoms with van der Waals surface area (Å²) >= 11 is 0. The normalized spacial score (nSPS) is 15.1. The Balaban J connectivity index is 1.99. The van der Waals surface area contributed by atoms with Gasteiger partial charge in [-0.1, -0.05) is 0 Å². The summed E-state index contributed by atoms with van der Waals surface area (Å²) in [5, 5.41) is 8.76. The van der Waals surface area contributed by atoms with Crippen molar-refractivity contribution in [1.29, 1.82) is 0 Å². The van der Waals surface area contributed by atoms with E-state index in [9.17, 15) is 9.18 Å². The van der Waals surface area contributed by atoms with E-state index in [0.29, 0.717) is 18.1 Å². The van der Waals surface area contributed by atoms with E-state index in [4.69, 9.17) is 9.84 Å². The van der Waals surface area contributed by atoms with Crippen LogP contribution in [0.5, 0.6) is 0 Å². The zero-order chi connectivity index (χ0) is 11.5. The van der Waals surface area contributed by atoms with Crippen LogP contribution < -0.4 is 0 Å². The smallest absolute Gasteiger partial charge is 0.335 e. The predicted molar refractivity (Wildman–Crippen MR) is 55.7 cm³/mol. The van der Waals surface area contributed by atoms with Gasteiger partial charge in [-0.05, 0) is 37.0 Å². The standard InChI is InChI=1S/C12H13FO3/c13-11-4-3-9(12(14)15)5-10(11)7-16-6-8-1-2-8/h3-5,8H,1-2,6-7H2,(H,14,15). The molecular formula is C12H13FO3. The minimum Gasteiger partial charge on any atom is -0.478 e. The fourth-order valence-corrected chi connectivity index (χ4v) is 1.44. The third kappa shape index (κ3) is 2.79. The van der Waals surface area contributed by atoms with Gasteiger partial charge < -0.3 is 9.84 Å². The molecule has 0 aromatic heterocycles. The Labute approximate surface area is 92.9 Å². The number of carbonyl (C=O) groups is 1. The first-order valence-corrected chi connectivity index (χ1v) is 5.26. The van der Waals surface area contributed by atoms with Gasteiger partial charge in [-0.15, -0.1) is 0 Å². The molecule has 1 N–H and O–H groups in total. The van der Waals surface area contributed by atoms with Crippen LogP contribution in [0.1, 0.15) is 28.8 Å². The molecule has 86 valence electrons. The van der Waals surface area contributed by atoms with Crippen LogP contribution in [-0.4, -0.2) is 17.7 Å². The fraction of sp³-hybridized carbons (Fsp3) is 0.417. The van der Waals surface area contributed by atoms with E-state index in [1.165, 1.54) is 31.0 Å². The number of carboxylic acid groups (broad SMARTS) is 1. The Hall–Kier alpha value is -1.42. The molecule has 1 saturated carbocycles. The van der Waals surface area contributed by atoms with Gasteiger partial charge in [0, 0.05) is 12.2 Å². The van der Waals surface area contributed by atoms with E-state index in [0.717, 1.165) is 0 Å². The molecule has 1 fully saturated rings. The minimum atomic E-state index is -1.05.